The van der Waals surface area contributed by atoms with Gasteiger partial charge in [-0.25, -0.2) is 0 Å². The summed E-state index contributed by atoms with van der Waals surface area (Å²) in [6.07, 6.45) is 0.336. The molecular formula is C9H15N3O2S2. The van der Waals surface area contributed by atoms with E-state index in [4.69, 9.17) is 4.74 Å². The van der Waals surface area contributed by atoms with Crippen LogP contribution in [0.15, 0.2) is 4.34 Å². The number of amides is 1. The van der Waals surface area contributed by atoms with E-state index in [-0.39, 0.29) is 5.91 Å². The molecule has 1 amide bonds. The topological polar surface area (TPSA) is 64.1 Å². The summed E-state index contributed by atoms with van der Waals surface area (Å²) in [5.74, 6) is -0.0981. The summed E-state index contributed by atoms with van der Waals surface area (Å²) in [5.41, 5.74) is 0. The SMILES string of the molecule is COCCC(=O)Nc1nnc(SC(C)C)s1. The Morgan fingerprint density at radius 2 is 2.31 bits per heavy atom. The minimum atomic E-state index is -0.0981. The molecule has 0 radical (unpaired) electrons. The molecule has 1 aromatic heterocycles. The highest BCUT2D eigenvalue weighted by Crippen LogP contribution is 2.28. The fourth-order valence-electron chi connectivity index (χ4n) is 0.886. The van der Waals surface area contributed by atoms with Gasteiger partial charge in [0.05, 0.1) is 13.0 Å². The van der Waals surface area contributed by atoms with Gasteiger partial charge in [-0.15, -0.1) is 10.2 Å². The first-order valence-electron chi connectivity index (χ1n) is 4.90. The van der Waals surface area contributed by atoms with E-state index >= 15 is 0 Å². The van der Waals surface area contributed by atoms with Crippen molar-refractivity contribution in [1.29, 1.82) is 0 Å². The molecule has 0 atom stereocenters. The van der Waals surface area contributed by atoms with Gasteiger partial charge in [0.1, 0.15) is 0 Å². The highest BCUT2D eigenvalue weighted by atomic mass is 32.2. The molecule has 90 valence electrons. The van der Waals surface area contributed by atoms with Crippen molar-refractivity contribution < 1.29 is 9.53 Å². The van der Waals surface area contributed by atoms with Gasteiger partial charge < -0.3 is 10.1 Å². The molecule has 1 rings (SSSR count). The Morgan fingerprint density at radius 3 is 2.94 bits per heavy atom. The molecule has 0 saturated carbocycles. The van der Waals surface area contributed by atoms with Gasteiger partial charge in [0.2, 0.25) is 11.0 Å². The first-order chi connectivity index (χ1) is 7.61. The third-order valence-corrected chi connectivity index (χ3v) is 3.45. The van der Waals surface area contributed by atoms with E-state index in [0.717, 1.165) is 4.34 Å². The molecule has 0 aliphatic heterocycles. The summed E-state index contributed by atoms with van der Waals surface area (Å²) < 4.78 is 5.68. The van der Waals surface area contributed by atoms with Crippen LogP contribution in [-0.2, 0) is 9.53 Å². The summed E-state index contributed by atoms with van der Waals surface area (Å²) in [7, 11) is 1.57. The van der Waals surface area contributed by atoms with E-state index in [0.29, 0.717) is 23.4 Å². The van der Waals surface area contributed by atoms with Crippen molar-refractivity contribution in [3.63, 3.8) is 0 Å². The number of hydrogen-bond acceptors (Lipinski definition) is 6. The average Bonchev–Trinajstić information content (AvgIpc) is 2.61. The molecule has 0 aliphatic carbocycles. The van der Waals surface area contributed by atoms with E-state index in [1.54, 1.807) is 18.9 Å². The Kier molecular flexibility index (Phi) is 5.72. The molecule has 5 nitrogen and oxygen atoms in total. The Morgan fingerprint density at radius 1 is 1.56 bits per heavy atom. The maximum Gasteiger partial charge on any atom is 0.228 e. The predicted molar refractivity (Wildman–Crippen MR) is 66.0 cm³/mol. The van der Waals surface area contributed by atoms with Gasteiger partial charge in [0.15, 0.2) is 4.34 Å². The number of aromatic nitrogens is 2. The average molecular weight is 261 g/mol. The second kappa shape index (κ2) is 6.82. The lowest BCUT2D eigenvalue weighted by molar-refractivity contribution is -0.117. The summed E-state index contributed by atoms with van der Waals surface area (Å²) in [6, 6.07) is 0. The predicted octanol–water partition coefficient (Wildman–Crippen LogP) is 2.01. The van der Waals surface area contributed by atoms with E-state index in [9.17, 15) is 4.79 Å². The first-order valence-corrected chi connectivity index (χ1v) is 6.60. The van der Waals surface area contributed by atoms with E-state index in [1.165, 1.54) is 11.3 Å². The largest absolute Gasteiger partial charge is 0.384 e. The number of thioether (sulfide) groups is 1. The molecule has 0 unspecified atom stereocenters. The zero-order valence-electron chi connectivity index (χ0n) is 9.52. The van der Waals surface area contributed by atoms with Crippen molar-refractivity contribution in [3.05, 3.63) is 0 Å². The summed E-state index contributed by atoms with van der Waals surface area (Å²) in [4.78, 5) is 11.3. The number of nitrogens with one attached hydrogen (secondary N) is 1. The van der Waals surface area contributed by atoms with Crippen molar-refractivity contribution in [1.82, 2.24) is 10.2 Å². The molecule has 1 heterocycles. The Bertz CT molecular complexity index is 341. The Hall–Kier alpha value is -0.660. The number of hydrogen-bond donors (Lipinski definition) is 1. The van der Waals surface area contributed by atoms with Crippen LogP contribution in [0.4, 0.5) is 5.13 Å². The number of carbonyl (C=O) groups excluding carboxylic acids is 1. The van der Waals surface area contributed by atoms with Crippen LogP contribution in [0.2, 0.25) is 0 Å². The third-order valence-electron chi connectivity index (χ3n) is 1.52. The second-order valence-electron chi connectivity index (χ2n) is 3.33. The molecule has 0 bridgehead atoms. The lowest BCUT2D eigenvalue weighted by Gasteiger charge is -1.99. The van der Waals surface area contributed by atoms with Crippen LogP contribution in [0, 0.1) is 0 Å². The zero-order chi connectivity index (χ0) is 12.0. The summed E-state index contributed by atoms with van der Waals surface area (Å²) >= 11 is 3.02. The molecular weight excluding hydrogens is 246 g/mol. The van der Waals surface area contributed by atoms with Gasteiger partial charge in [-0.2, -0.15) is 0 Å². The van der Waals surface area contributed by atoms with Crippen molar-refractivity contribution in [2.45, 2.75) is 29.9 Å². The highest BCUT2D eigenvalue weighted by molar-refractivity contribution is 8.01. The molecule has 0 fully saturated rings. The fourth-order valence-corrected chi connectivity index (χ4v) is 2.88. The maximum absolute atomic E-state index is 11.3. The van der Waals surface area contributed by atoms with E-state index in [1.807, 2.05) is 0 Å². The number of carbonyl (C=O) groups is 1. The number of methoxy groups -OCH3 is 1. The Labute approximate surface area is 103 Å². The van der Waals surface area contributed by atoms with Gasteiger partial charge in [-0.05, 0) is 0 Å². The summed E-state index contributed by atoms with van der Waals surface area (Å²) in [5, 5.41) is 11.6. The van der Waals surface area contributed by atoms with Crippen LogP contribution >= 0.6 is 23.1 Å². The number of anilines is 1. The van der Waals surface area contributed by atoms with Crippen molar-refractivity contribution in [3.8, 4) is 0 Å². The number of ether oxygens (including phenoxy) is 1. The van der Waals surface area contributed by atoms with E-state index in [2.05, 4.69) is 29.4 Å². The Balaban J connectivity index is 2.42. The van der Waals surface area contributed by atoms with Crippen molar-refractivity contribution >= 4 is 34.1 Å². The lowest BCUT2D eigenvalue weighted by atomic mass is 10.4. The monoisotopic (exact) mass is 261 g/mol. The normalized spacial score (nSPS) is 10.8. The van der Waals surface area contributed by atoms with Crippen LogP contribution < -0.4 is 5.32 Å². The van der Waals surface area contributed by atoms with E-state index < -0.39 is 0 Å². The van der Waals surface area contributed by atoms with Gasteiger partial charge in [-0.3, -0.25) is 4.79 Å². The first kappa shape index (κ1) is 13.4. The number of rotatable bonds is 6. The molecule has 0 spiro atoms. The smallest absolute Gasteiger partial charge is 0.228 e. The van der Waals surface area contributed by atoms with Gasteiger partial charge >= 0.3 is 0 Å². The molecule has 1 N–H and O–H groups in total. The quantitative estimate of drug-likeness (QED) is 0.627. The zero-order valence-corrected chi connectivity index (χ0v) is 11.2. The van der Waals surface area contributed by atoms with Gasteiger partial charge in [-0.1, -0.05) is 36.9 Å². The standard InChI is InChI=1S/C9H15N3O2S2/c1-6(2)15-9-12-11-8(16-9)10-7(13)4-5-14-3/h6H,4-5H2,1-3H3,(H,10,11,13). The van der Waals surface area contributed by atoms with Gasteiger partial charge in [0, 0.05) is 12.4 Å². The fraction of sp³-hybridized carbons (Fsp3) is 0.667. The molecule has 7 heteroatoms. The minimum Gasteiger partial charge on any atom is -0.384 e. The number of nitrogens with zero attached hydrogens (tertiary/aromatic N) is 2. The molecule has 0 aromatic carbocycles. The van der Waals surface area contributed by atoms with Crippen molar-refractivity contribution in [2.75, 3.05) is 19.0 Å². The van der Waals surface area contributed by atoms with Gasteiger partial charge in [0.25, 0.3) is 0 Å². The highest BCUT2D eigenvalue weighted by Gasteiger charge is 2.09. The summed E-state index contributed by atoms with van der Waals surface area (Å²) in [6.45, 7) is 4.59. The van der Waals surface area contributed by atoms with Crippen LogP contribution in [0.1, 0.15) is 20.3 Å². The lowest BCUT2D eigenvalue weighted by Crippen LogP contribution is -2.13. The molecule has 16 heavy (non-hydrogen) atoms. The van der Waals surface area contributed by atoms with Crippen molar-refractivity contribution in [2.24, 2.45) is 0 Å². The van der Waals surface area contributed by atoms with Crippen LogP contribution in [-0.4, -0.2) is 35.1 Å². The minimum absolute atomic E-state index is 0.0981. The van der Waals surface area contributed by atoms with Crippen LogP contribution in [0.25, 0.3) is 0 Å². The van der Waals surface area contributed by atoms with Crippen LogP contribution in [0.3, 0.4) is 0 Å². The van der Waals surface area contributed by atoms with Crippen LogP contribution in [0.5, 0.6) is 0 Å². The molecule has 0 saturated heterocycles. The maximum atomic E-state index is 11.3. The molecule has 1 aromatic rings. The second-order valence-corrected chi connectivity index (χ2v) is 6.13. The molecule has 0 aliphatic rings. The third kappa shape index (κ3) is 4.91.